The van der Waals surface area contributed by atoms with Crippen LogP contribution in [0.1, 0.15) is 11.1 Å². The molecule has 0 atom stereocenters. The lowest BCUT2D eigenvalue weighted by molar-refractivity contribution is 0.622. The lowest BCUT2D eigenvalue weighted by atomic mass is 10.2. The van der Waals surface area contributed by atoms with Crippen LogP contribution in [0.2, 0.25) is 0 Å². The van der Waals surface area contributed by atoms with Crippen molar-refractivity contribution in [1.82, 2.24) is 9.55 Å². The highest BCUT2D eigenvalue weighted by Crippen LogP contribution is 2.16. The molecule has 1 N–H and O–H groups in total. The van der Waals surface area contributed by atoms with Gasteiger partial charge in [0, 0.05) is 6.54 Å². The predicted molar refractivity (Wildman–Crippen MR) is 95.4 cm³/mol. The van der Waals surface area contributed by atoms with Crippen molar-refractivity contribution in [2.24, 2.45) is 0 Å². The Balaban J connectivity index is 1.77. The third-order valence-electron chi connectivity index (χ3n) is 3.57. The molecule has 0 aliphatic rings. The molecule has 3 aromatic rings. The Bertz CT molecular complexity index is 959. The zero-order valence-corrected chi connectivity index (χ0v) is 14.6. The normalized spacial score (nSPS) is 10.7. The number of anilines is 1. The van der Waals surface area contributed by atoms with Crippen molar-refractivity contribution < 1.29 is 8.78 Å². The molecule has 128 valence electrons. The maximum absolute atomic E-state index is 13.3. The molecule has 0 saturated heterocycles. The molecule has 0 aliphatic heterocycles. The average Bonchev–Trinajstić information content (AvgIpc) is 2.58. The summed E-state index contributed by atoms with van der Waals surface area (Å²) < 4.78 is 28.1. The zero-order chi connectivity index (χ0) is 17.8. The third-order valence-corrected chi connectivity index (χ3v) is 4.29. The molecule has 0 amide bonds. The molecule has 0 unspecified atom stereocenters. The Morgan fingerprint density at radius 2 is 1.68 bits per heavy atom. The first-order valence-electron chi connectivity index (χ1n) is 7.50. The van der Waals surface area contributed by atoms with Gasteiger partial charge in [-0.25, -0.2) is 13.8 Å². The van der Waals surface area contributed by atoms with Crippen LogP contribution in [-0.2, 0) is 13.1 Å². The first-order valence-corrected chi connectivity index (χ1v) is 8.30. The van der Waals surface area contributed by atoms with Crippen molar-refractivity contribution in [1.29, 1.82) is 0 Å². The van der Waals surface area contributed by atoms with Crippen LogP contribution in [0, 0.1) is 11.6 Å². The largest absolute Gasteiger partial charge is 0.365 e. The second kappa shape index (κ2) is 7.57. The highest BCUT2D eigenvalue weighted by Gasteiger charge is 2.10. The van der Waals surface area contributed by atoms with E-state index in [-0.39, 0.29) is 28.2 Å². The summed E-state index contributed by atoms with van der Waals surface area (Å²) >= 11 is 3.24. The van der Waals surface area contributed by atoms with Gasteiger partial charge in [-0.1, -0.05) is 24.3 Å². The Labute approximate surface area is 151 Å². The monoisotopic (exact) mass is 405 g/mol. The van der Waals surface area contributed by atoms with Gasteiger partial charge in [-0.15, -0.1) is 0 Å². The molecule has 0 saturated carbocycles. The molecule has 25 heavy (non-hydrogen) atoms. The molecule has 1 aromatic heterocycles. The van der Waals surface area contributed by atoms with E-state index in [1.807, 2.05) is 0 Å². The van der Waals surface area contributed by atoms with Crippen LogP contribution in [0.3, 0.4) is 0 Å². The molecule has 0 fully saturated rings. The summed E-state index contributed by atoms with van der Waals surface area (Å²) in [6.07, 6.45) is 1.39. The molecule has 0 spiro atoms. The highest BCUT2D eigenvalue weighted by molar-refractivity contribution is 9.10. The highest BCUT2D eigenvalue weighted by atomic mass is 79.9. The van der Waals surface area contributed by atoms with Gasteiger partial charge in [0.1, 0.15) is 28.3 Å². The van der Waals surface area contributed by atoms with E-state index < -0.39 is 0 Å². The number of rotatable bonds is 5. The molecule has 0 radical (unpaired) electrons. The molecule has 0 aliphatic carbocycles. The SMILES string of the molecule is O=c1c(Br)c(NCc2cccc(F)c2)ncn1Cc1cccc(F)c1. The first kappa shape index (κ1) is 17.3. The van der Waals surface area contributed by atoms with Gasteiger partial charge >= 0.3 is 0 Å². The smallest absolute Gasteiger partial charge is 0.270 e. The molecular weight excluding hydrogens is 392 g/mol. The van der Waals surface area contributed by atoms with Crippen LogP contribution < -0.4 is 10.9 Å². The molecule has 7 heteroatoms. The summed E-state index contributed by atoms with van der Waals surface area (Å²) in [7, 11) is 0. The lowest BCUT2D eigenvalue weighted by Gasteiger charge is -2.11. The summed E-state index contributed by atoms with van der Waals surface area (Å²) in [4.78, 5) is 16.6. The fourth-order valence-corrected chi connectivity index (χ4v) is 2.83. The maximum atomic E-state index is 13.3. The van der Waals surface area contributed by atoms with Crippen LogP contribution in [0.15, 0.2) is 64.1 Å². The third kappa shape index (κ3) is 4.30. The quantitative estimate of drug-likeness (QED) is 0.698. The molecule has 4 nitrogen and oxygen atoms in total. The fourth-order valence-electron chi connectivity index (χ4n) is 2.36. The van der Waals surface area contributed by atoms with E-state index in [1.165, 1.54) is 35.2 Å². The number of hydrogen-bond acceptors (Lipinski definition) is 3. The summed E-state index contributed by atoms with van der Waals surface area (Å²) in [6, 6.07) is 12.2. The molecule has 0 bridgehead atoms. The van der Waals surface area contributed by atoms with Crippen molar-refractivity contribution in [3.05, 3.63) is 92.4 Å². The Morgan fingerprint density at radius 3 is 2.36 bits per heavy atom. The average molecular weight is 406 g/mol. The molecule has 2 aromatic carbocycles. The van der Waals surface area contributed by atoms with Gasteiger partial charge in [0.05, 0.1) is 6.54 Å². The minimum atomic E-state index is -0.356. The molecule has 1 heterocycles. The summed E-state index contributed by atoms with van der Waals surface area (Å²) in [5, 5.41) is 3.00. The van der Waals surface area contributed by atoms with Crippen LogP contribution in [-0.4, -0.2) is 9.55 Å². The van der Waals surface area contributed by atoms with E-state index >= 15 is 0 Å². The number of benzene rings is 2. The van der Waals surface area contributed by atoms with E-state index in [4.69, 9.17) is 0 Å². The van der Waals surface area contributed by atoms with Crippen molar-refractivity contribution in [3.8, 4) is 0 Å². The van der Waals surface area contributed by atoms with Crippen molar-refractivity contribution >= 4 is 21.7 Å². The summed E-state index contributed by atoms with van der Waals surface area (Å²) in [5.74, 6) is -0.312. The van der Waals surface area contributed by atoms with Gasteiger partial charge in [-0.05, 0) is 51.3 Å². The van der Waals surface area contributed by atoms with Crippen LogP contribution in [0.4, 0.5) is 14.6 Å². The number of nitrogens with zero attached hydrogens (tertiary/aromatic N) is 2. The minimum Gasteiger partial charge on any atom is -0.365 e. The van der Waals surface area contributed by atoms with Crippen LogP contribution >= 0.6 is 15.9 Å². The van der Waals surface area contributed by atoms with Crippen molar-refractivity contribution in [2.75, 3.05) is 5.32 Å². The second-order valence-electron chi connectivity index (χ2n) is 5.45. The Morgan fingerprint density at radius 1 is 1.04 bits per heavy atom. The zero-order valence-electron chi connectivity index (χ0n) is 13.0. The summed E-state index contributed by atoms with van der Waals surface area (Å²) in [5.41, 5.74) is 1.11. The first-order chi connectivity index (χ1) is 12.0. The van der Waals surface area contributed by atoms with Gasteiger partial charge in [0.15, 0.2) is 0 Å². The Hall–Kier alpha value is -2.54. The van der Waals surface area contributed by atoms with Gasteiger partial charge < -0.3 is 5.32 Å². The lowest BCUT2D eigenvalue weighted by Crippen LogP contribution is -2.23. The van der Waals surface area contributed by atoms with E-state index in [2.05, 4.69) is 26.2 Å². The maximum Gasteiger partial charge on any atom is 0.270 e. The Kier molecular flexibility index (Phi) is 5.23. The van der Waals surface area contributed by atoms with E-state index in [1.54, 1.807) is 24.3 Å². The number of nitrogens with one attached hydrogen (secondary N) is 1. The topological polar surface area (TPSA) is 46.9 Å². The van der Waals surface area contributed by atoms with Gasteiger partial charge in [0.2, 0.25) is 0 Å². The van der Waals surface area contributed by atoms with E-state index in [0.29, 0.717) is 17.9 Å². The van der Waals surface area contributed by atoms with E-state index in [9.17, 15) is 13.6 Å². The van der Waals surface area contributed by atoms with Gasteiger partial charge in [-0.3, -0.25) is 9.36 Å². The summed E-state index contributed by atoms with van der Waals surface area (Å²) in [6.45, 7) is 0.545. The van der Waals surface area contributed by atoms with Crippen molar-refractivity contribution in [2.45, 2.75) is 13.1 Å². The van der Waals surface area contributed by atoms with Crippen molar-refractivity contribution in [3.63, 3.8) is 0 Å². The number of hydrogen-bond donors (Lipinski definition) is 1. The predicted octanol–water partition coefficient (Wildman–Crippen LogP) is 3.94. The van der Waals surface area contributed by atoms with E-state index in [0.717, 1.165) is 5.56 Å². The van der Waals surface area contributed by atoms with Gasteiger partial charge in [0.25, 0.3) is 5.56 Å². The number of aromatic nitrogens is 2. The molecule has 3 rings (SSSR count). The van der Waals surface area contributed by atoms with Gasteiger partial charge in [-0.2, -0.15) is 0 Å². The number of halogens is 3. The second-order valence-corrected chi connectivity index (χ2v) is 6.25. The molecular formula is C18H14BrF2N3O. The standard InChI is InChI=1S/C18H14BrF2N3O/c19-16-17(22-9-12-3-1-5-14(20)7-12)23-11-24(18(16)25)10-13-4-2-6-15(21)8-13/h1-8,11,22H,9-10H2. The fraction of sp³-hybridized carbons (Fsp3) is 0.111. The van der Waals surface area contributed by atoms with Crippen LogP contribution in [0.5, 0.6) is 0 Å². The van der Waals surface area contributed by atoms with Crippen LogP contribution in [0.25, 0.3) is 0 Å². The minimum absolute atomic E-state index is 0.215.